The normalized spacial score (nSPS) is 12.3. The van der Waals surface area contributed by atoms with Crippen LogP contribution in [0, 0.1) is 0 Å². The fraction of sp³-hybridized carbons (Fsp3) is 0.0714. The molecule has 1 amide bonds. The topological polar surface area (TPSA) is 80.3 Å². The Bertz CT molecular complexity index is 713. The fourth-order valence-electron chi connectivity index (χ4n) is 2.01. The van der Waals surface area contributed by atoms with Gasteiger partial charge in [0, 0.05) is 6.20 Å². The fourth-order valence-corrected chi connectivity index (χ4v) is 2.01. The molecule has 0 fully saturated rings. The van der Waals surface area contributed by atoms with Crippen molar-refractivity contribution < 1.29 is 14.3 Å². The van der Waals surface area contributed by atoms with Crippen LogP contribution in [0.15, 0.2) is 36.5 Å². The quantitative estimate of drug-likeness (QED) is 0.775. The van der Waals surface area contributed by atoms with Gasteiger partial charge >= 0.3 is 5.97 Å². The molecule has 2 heterocycles. The highest BCUT2D eigenvalue weighted by Crippen LogP contribution is 2.31. The summed E-state index contributed by atoms with van der Waals surface area (Å²) in [5.41, 5.74) is 2.00. The summed E-state index contributed by atoms with van der Waals surface area (Å²) in [4.78, 5) is 27.8. The van der Waals surface area contributed by atoms with Gasteiger partial charge in [0.1, 0.15) is 5.82 Å². The van der Waals surface area contributed by atoms with Gasteiger partial charge in [-0.3, -0.25) is 4.79 Å². The van der Waals surface area contributed by atoms with Crippen LogP contribution < -0.4 is 10.6 Å². The lowest BCUT2D eigenvalue weighted by molar-refractivity contribution is 0.0600. The second kappa shape index (κ2) is 4.65. The standard InChI is InChI=1S/C14H11N3O3/c1-20-14(19)8-4-5-10-11(7-8)17-13(18)9-3-2-6-15-12(9)16-10/h2-7H,1H3,(H,15,16)(H,17,18). The molecule has 2 aromatic rings. The lowest BCUT2D eigenvalue weighted by Gasteiger charge is -2.09. The van der Waals surface area contributed by atoms with Gasteiger partial charge in [-0.1, -0.05) is 0 Å². The number of rotatable bonds is 1. The zero-order valence-electron chi connectivity index (χ0n) is 10.6. The van der Waals surface area contributed by atoms with E-state index in [1.807, 2.05) is 0 Å². The molecule has 0 spiro atoms. The maximum absolute atomic E-state index is 12.1. The largest absolute Gasteiger partial charge is 0.465 e. The predicted octanol–water partition coefficient (Wildman–Crippen LogP) is 2.18. The first kappa shape index (κ1) is 12.2. The van der Waals surface area contributed by atoms with Crippen LogP contribution in [-0.2, 0) is 4.74 Å². The predicted molar refractivity (Wildman–Crippen MR) is 73.3 cm³/mol. The number of aromatic nitrogens is 1. The molecule has 100 valence electrons. The average molecular weight is 269 g/mol. The van der Waals surface area contributed by atoms with Crippen LogP contribution in [0.2, 0.25) is 0 Å². The van der Waals surface area contributed by atoms with Gasteiger partial charge < -0.3 is 15.4 Å². The van der Waals surface area contributed by atoms with Crippen LogP contribution in [0.25, 0.3) is 0 Å². The second-order valence-electron chi connectivity index (χ2n) is 4.23. The summed E-state index contributed by atoms with van der Waals surface area (Å²) >= 11 is 0. The minimum atomic E-state index is -0.457. The molecule has 0 bridgehead atoms. The highest BCUT2D eigenvalue weighted by molar-refractivity contribution is 6.12. The number of amides is 1. The molecular weight excluding hydrogens is 258 g/mol. The SMILES string of the molecule is COC(=O)c1ccc2c(c1)NC(=O)c1cccnc1N2. The number of carbonyl (C=O) groups is 2. The molecule has 20 heavy (non-hydrogen) atoms. The minimum absolute atomic E-state index is 0.277. The maximum atomic E-state index is 12.1. The molecule has 0 saturated heterocycles. The van der Waals surface area contributed by atoms with E-state index in [0.717, 1.165) is 0 Å². The van der Waals surface area contributed by atoms with Crippen molar-refractivity contribution in [2.75, 3.05) is 17.7 Å². The summed E-state index contributed by atoms with van der Waals surface area (Å²) in [5.74, 6) is -0.252. The summed E-state index contributed by atoms with van der Waals surface area (Å²) in [6, 6.07) is 8.26. The molecular formula is C14H11N3O3. The smallest absolute Gasteiger partial charge is 0.337 e. The summed E-state index contributed by atoms with van der Waals surface area (Å²) in [6.07, 6.45) is 1.60. The molecule has 0 unspecified atom stereocenters. The van der Waals surface area contributed by atoms with E-state index in [-0.39, 0.29) is 5.91 Å². The van der Waals surface area contributed by atoms with Crippen molar-refractivity contribution in [2.45, 2.75) is 0 Å². The van der Waals surface area contributed by atoms with E-state index < -0.39 is 5.97 Å². The third-order valence-corrected chi connectivity index (χ3v) is 2.99. The molecule has 1 aromatic carbocycles. The van der Waals surface area contributed by atoms with Crippen molar-refractivity contribution in [1.82, 2.24) is 4.98 Å². The van der Waals surface area contributed by atoms with Gasteiger partial charge in [0.15, 0.2) is 0 Å². The van der Waals surface area contributed by atoms with Gasteiger partial charge in [0.05, 0.1) is 29.6 Å². The number of hydrogen-bond acceptors (Lipinski definition) is 5. The molecule has 1 aliphatic heterocycles. The van der Waals surface area contributed by atoms with Crippen molar-refractivity contribution in [3.05, 3.63) is 47.7 Å². The van der Waals surface area contributed by atoms with Crippen LogP contribution in [-0.4, -0.2) is 24.0 Å². The highest BCUT2D eigenvalue weighted by atomic mass is 16.5. The second-order valence-corrected chi connectivity index (χ2v) is 4.23. The van der Waals surface area contributed by atoms with Gasteiger partial charge in [0.25, 0.3) is 5.91 Å². The number of nitrogens with one attached hydrogen (secondary N) is 2. The van der Waals surface area contributed by atoms with Crippen LogP contribution in [0.3, 0.4) is 0 Å². The highest BCUT2D eigenvalue weighted by Gasteiger charge is 2.20. The molecule has 0 aliphatic carbocycles. The molecule has 0 saturated carbocycles. The van der Waals surface area contributed by atoms with Crippen LogP contribution in [0.5, 0.6) is 0 Å². The first-order valence-corrected chi connectivity index (χ1v) is 5.95. The molecule has 2 N–H and O–H groups in total. The molecule has 6 nitrogen and oxygen atoms in total. The summed E-state index contributed by atoms with van der Waals surface area (Å²) in [5, 5.41) is 5.82. The van der Waals surface area contributed by atoms with Crippen LogP contribution in [0.4, 0.5) is 17.2 Å². The lowest BCUT2D eigenvalue weighted by atomic mass is 10.1. The van der Waals surface area contributed by atoms with E-state index in [1.54, 1.807) is 36.5 Å². The van der Waals surface area contributed by atoms with Gasteiger partial charge in [-0.15, -0.1) is 0 Å². The van der Waals surface area contributed by atoms with Crippen LogP contribution >= 0.6 is 0 Å². The average Bonchev–Trinajstić information content (AvgIpc) is 2.62. The number of anilines is 3. The van der Waals surface area contributed by atoms with Gasteiger partial charge in [-0.05, 0) is 30.3 Å². The van der Waals surface area contributed by atoms with Gasteiger partial charge in [0.2, 0.25) is 0 Å². The third-order valence-electron chi connectivity index (χ3n) is 2.99. The molecule has 6 heteroatoms. The Labute approximate surface area is 114 Å². The Morgan fingerprint density at radius 2 is 2.05 bits per heavy atom. The van der Waals surface area contributed by atoms with E-state index in [9.17, 15) is 9.59 Å². The van der Waals surface area contributed by atoms with E-state index in [2.05, 4.69) is 20.4 Å². The maximum Gasteiger partial charge on any atom is 0.337 e. The number of esters is 1. The van der Waals surface area contributed by atoms with Crippen molar-refractivity contribution in [3.63, 3.8) is 0 Å². The Balaban J connectivity index is 2.07. The molecule has 1 aromatic heterocycles. The molecule has 0 radical (unpaired) electrons. The summed E-state index contributed by atoms with van der Waals surface area (Å²) in [7, 11) is 1.31. The van der Waals surface area contributed by atoms with Crippen molar-refractivity contribution in [3.8, 4) is 0 Å². The number of nitrogens with zero attached hydrogens (tertiary/aromatic N) is 1. The third kappa shape index (κ3) is 1.97. The van der Waals surface area contributed by atoms with E-state index in [1.165, 1.54) is 7.11 Å². The van der Waals surface area contributed by atoms with Gasteiger partial charge in [-0.25, -0.2) is 9.78 Å². The Kier molecular flexibility index (Phi) is 2.83. The number of ether oxygens (including phenoxy) is 1. The first-order chi connectivity index (χ1) is 9.69. The number of pyridine rings is 1. The number of carbonyl (C=O) groups excluding carboxylic acids is 2. The zero-order chi connectivity index (χ0) is 14.1. The number of methoxy groups -OCH3 is 1. The monoisotopic (exact) mass is 269 g/mol. The van der Waals surface area contributed by atoms with Crippen molar-refractivity contribution in [1.29, 1.82) is 0 Å². The van der Waals surface area contributed by atoms with E-state index >= 15 is 0 Å². The molecule has 1 aliphatic rings. The first-order valence-electron chi connectivity index (χ1n) is 5.95. The number of fused-ring (bicyclic) bond motifs is 2. The number of hydrogen-bond donors (Lipinski definition) is 2. The zero-order valence-corrected chi connectivity index (χ0v) is 10.6. The molecule has 0 atom stereocenters. The van der Waals surface area contributed by atoms with Crippen LogP contribution in [0.1, 0.15) is 20.7 Å². The summed E-state index contributed by atoms with van der Waals surface area (Å²) in [6.45, 7) is 0. The Morgan fingerprint density at radius 3 is 2.85 bits per heavy atom. The van der Waals surface area contributed by atoms with Gasteiger partial charge in [-0.2, -0.15) is 0 Å². The van der Waals surface area contributed by atoms with Crippen molar-refractivity contribution >= 4 is 29.1 Å². The number of benzene rings is 1. The molecule has 3 rings (SSSR count). The summed E-state index contributed by atoms with van der Waals surface area (Å²) < 4.78 is 4.66. The van der Waals surface area contributed by atoms with Crippen molar-refractivity contribution in [2.24, 2.45) is 0 Å². The lowest BCUT2D eigenvalue weighted by Crippen LogP contribution is -2.11. The van der Waals surface area contributed by atoms with E-state index in [0.29, 0.717) is 28.3 Å². The Hall–Kier alpha value is -2.89. The van der Waals surface area contributed by atoms with E-state index in [4.69, 9.17) is 0 Å². The Morgan fingerprint density at radius 1 is 1.20 bits per heavy atom. The minimum Gasteiger partial charge on any atom is -0.465 e.